The third kappa shape index (κ3) is 1.77. The molecule has 1 aliphatic rings. The van der Waals surface area contributed by atoms with Crippen LogP contribution >= 0.6 is 0 Å². The van der Waals surface area contributed by atoms with E-state index in [9.17, 15) is 4.39 Å². The summed E-state index contributed by atoms with van der Waals surface area (Å²) in [6.45, 7) is 1.93. The summed E-state index contributed by atoms with van der Waals surface area (Å²) >= 11 is 0. The zero-order valence-electron chi connectivity index (χ0n) is 9.35. The van der Waals surface area contributed by atoms with Gasteiger partial charge in [-0.15, -0.1) is 0 Å². The standard InChI is InChI=1S/C12H12FN3O/c1-6-2-3-7(4-10(6)14)11-15-12(17-16-11)8-5-9(8)13/h2-4,8-9H,5,14H2,1H3/t8?,9-/m0/s1. The smallest absolute Gasteiger partial charge is 0.233 e. The number of hydrogen-bond acceptors (Lipinski definition) is 4. The molecule has 0 spiro atoms. The highest BCUT2D eigenvalue weighted by Crippen LogP contribution is 2.43. The number of alkyl halides is 1. The zero-order chi connectivity index (χ0) is 12.0. The second-order valence-corrected chi connectivity index (χ2v) is 4.39. The van der Waals surface area contributed by atoms with Gasteiger partial charge < -0.3 is 10.3 Å². The van der Waals surface area contributed by atoms with Crippen LogP contribution in [0.1, 0.15) is 23.8 Å². The van der Waals surface area contributed by atoms with E-state index in [-0.39, 0.29) is 5.92 Å². The number of nitrogens with zero attached hydrogens (tertiary/aromatic N) is 2. The van der Waals surface area contributed by atoms with E-state index < -0.39 is 6.17 Å². The monoisotopic (exact) mass is 233 g/mol. The van der Waals surface area contributed by atoms with Crippen molar-refractivity contribution in [2.75, 3.05) is 5.73 Å². The van der Waals surface area contributed by atoms with E-state index in [2.05, 4.69) is 10.1 Å². The lowest BCUT2D eigenvalue weighted by Crippen LogP contribution is -1.91. The van der Waals surface area contributed by atoms with E-state index in [0.717, 1.165) is 11.1 Å². The lowest BCUT2D eigenvalue weighted by Gasteiger charge is -2.00. The predicted molar refractivity (Wildman–Crippen MR) is 61.1 cm³/mol. The minimum absolute atomic E-state index is 0.209. The van der Waals surface area contributed by atoms with Crippen LogP contribution in [0.3, 0.4) is 0 Å². The predicted octanol–water partition coefficient (Wildman–Crippen LogP) is 2.45. The molecule has 1 heterocycles. The van der Waals surface area contributed by atoms with Crippen LogP contribution in [-0.4, -0.2) is 16.3 Å². The Morgan fingerprint density at radius 2 is 2.24 bits per heavy atom. The highest BCUT2D eigenvalue weighted by Gasteiger charge is 2.43. The molecular formula is C12H12FN3O. The number of rotatable bonds is 2. The number of benzene rings is 1. The molecular weight excluding hydrogens is 221 g/mol. The number of nitrogens with two attached hydrogens (primary N) is 1. The Kier molecular flexibility index (Phi) is 2.14. The van der Waals surface area contributed by atoms with Crippen LogP contribution in [0, 0.1) is 6.92 Å². The van der Waals surface area contributed by atoms with Gasteiger partial charge in [0.05, 0.1) is 5.92 Å². The lowest BCUT2D eigenvalue weighted by atomic mass is 10.1. The number of nitrogen functional groups attached to an aromatic ring is 1. The molecule has 0 amide bonds. The van der Waals surface area contributed by atoms with Gasteiger partial charge in [-0.2, -0.15) is 4.98 Å². The zero-order valence-corrected chi connectivity index (χ0v) is 9.35. The summed E-state index contributed by atoms with van der Waals surface area (Å²) in [4.78, 5) is 4.19. The van der Waals surface area contributed by atoms with Crippen LogP contribution in [0.25, 0.3) is 11.4 Å². The maximum absolute atomic E-state index is 12.8. The summed E-state index contributed by atoms with van der Waals surface area (Å²) < 4.78 is 17.9. The quantitative estimate of drug-likeness (QED) is 0.809. The first-order chi connectivity index (χ1) is 8.15. The molecule has 1 aliphatic carbocycles. The second-order valence-electron chi connectivity index (χ2n) is 4.39. The Labute approximate surface area is 97.6 Å². The number of anilines is 1. The Balaban J connectivity index is 1.92. The molecule has 1 saturated carbocycles. The van der Waals surface area contributed by atoms with Gasteiger partial charge in [-0.25, -0.2) is 4.39 Å². The SMILES string of the molecule is Cc1ccc(-c2noc(C3C[C@@H]3F)n2)cc1N. The van der Waals surface area contributed by atoms with Crippen LogP contribution in [0.15, 0.2) is 22.7 Å². The molecule has 88 valence electrons. The first-order valence-corrected chi connectivity index (χ1v) is 5.49. The number of hydrogen-bond donors (Lipinski definition) is 1. The van der Waals surface area contributed by atoms with Gasteiger partial charge in [0.15, 0.2) is 0 Å². The fourth-order valence-electron chi connectivity index (χ4n) is 1.70. The first-order valence-electron chi connectivity index (χ1n) is 5.49. The molecule has 0 radical (unpaired) electrons. The van der Waals surface area contributed by atoms with Gasteiger partial charge in [0.1, 0.15) is 6.17 Å². The summed E-state index contributed by atoms with van der Waals surface area (Å²) in [6, 6.07) is 5.57. The fraction of sp³-hybridized carbons (Fsp3) is 0.333. The van der Waals surface area contributed by atoms with Crippen molar-refractivity contribution in [1.82, 2.24) is 10.1 Å². The van der Waals surface area contributed by atoms with Gasteiger partial charge >= 0.3 is 0 Å². The third-order valence-corrected chi connectivity index (χ3v) is 3.01. The Morgan fingerprint density at radius 3 is 2.88 bits per heavy atom. The van der Waals surface area contributed by atoms with Crippen LogP contribution in [0.5, 0.6) is 0 Å². The summed E-state index contributed by atoms with van der Waals surface area (Å²) in [5, 5.41) is 3.84. The van der Waals surface area contributed by atoms with Gasteiger partial charge in [0.25, 0.3) is 0 Å². The van der Waals surface area contributed by atoms with Crippen molar-refractivity contribution in [1.29, 1.82) is 0 Å². The average Bonchev–Trinajstić information content (AvgIpc) is 2.86. The van der Waals surface area contributed by atoms with Crippen LogP contribution in [0.2, 0.25) is 0 Å². The van der Waals surface area contributed by atoms with Gasteiger partial charge in [-0.1, -0.05) is 17.3 Å². The molecule has 1 aromatic carbocycles. The minimum Gasteiger partial charge on any atom is -0.398 e. The third-order valence-electron chi connectivity index (χ3n) is 3.01. The molecule has 5 heteroatoms. The van der Waals surface area contributed by atoms with Gasteiger partial charge in [-0.3, -0.25) is 0 Å². The van der Waals surface area contributed by atoms with Gasteiger partial charge in [0.2, 0.25) is 11.7 Å². The van der Waals surface area contributed by atoms with E-state index >= 15 is 0 Å². The van der Waals surface area contributed by atoms with Crippen LogP contribution in [0.4, 0.5) is 10.1 Å². The molecule has 2 atom stereocenters. The average molecular weight is 233 g/mol. The molecule has 1 unspecified atom stereocenters. The molecule has 17 heavy (non-hydrogen) atoms. The largest absolute Gasteiger partial charge is 0.398 e. The van der Waals surface area contributed by atoms with E-state index in [1.807, 2.05) is 19.1 Å². The van der Waals surface area contributed by atoms with Crippen molar-refractivity contribution < 1.29 is 8.91 Å². The minimum atomic E-state index is -0.827. The number of halogens is 1. The Hall–Kier alpha value is -1.91. The molecule has 4 nitrogen and oxygen atoms in total. The summed E-state index contributed by atoms with van der Waals surface area (Å²) in [7, 11) is 0. The maximum Gasteiger partial charge on any atom is 0.233 e. The highest BCUT2D eigenvalue weighted by molar-refractivity contribution is 5.63. The topological polar surface area (TPSA) is 64.9 Å². The van der Waals surface area contributed by atoms with E-state index in [1.54, 1.807) is 6.07 Å². The molecule has 1 fully saturated rings. The molecule has 2 aromatic rings. The highest BCUT2D eigenvalue weighted by atomic mass is 19.1. The van der Waals surface area contributed by atoms with Gasteiger partial charge in [0, 0.05) is 11.3 Å². The van der Waals surface area contributed by atoms with Crippen LogP contribution < -0.4 is 5.73 Å². The lowest BCUT2D eigenvalue weighted by molar-refractivity contribution is 0.363. The summed E-state index contributed by atoms with van der Waals surface area (Å²) in [6.07, 6.45) is -0.344. The van der Waals surface area contributed by atoms with Crippen molar-refractivity contribution in [2.24, 2.45) is 0 Å². The van der Waals surface area contributed by atoms with Crippen molar-refractivity contribution in [3.63, 3.8) is 0 Å². The van der Waals surface area contributed by atoms with E-state index in [1.165, 1.54) is 0 Å². The normalized spacial score (nSPS) is 22.7. The first kappa shape index (κ1) is 10.3. The molecule has 0 aliphatic heterocycles. The molecule has 3 rings (SSSR count). The van der Waals surface area contributed by atoms with Crippen molar-refractivity contribution >= 4 is 5.69 Å². The van der Waals surface area contributed by atoms with Crippen molar-refractivity contribution in [2.45, 2.75) is 25.4 Å². The molecule has 0 bridgehead atoms. The summed E-state index contributed by atoms with van der Waals surface area (Å²) in [5.74, 6) is 0.636. The molecule has 2 N–H and O–H groups in total. The number of aromatic nitrogens is 2. The molecule has 1 aromatic heterocycles. The van der Waals surface area contributed by atoms with Gasteiger partial charge in [-0.05, 0) is 25.0 Å². The maximum atomic E-state index is 12.8. The Morgan fingerprint density at radius 1 is 1.47 bits per heavy atom. The van der Waals surface area contributed by atoms with E-state index in [0.29, 0.717) is 23.8 Å². The van der Waals surface area contributed by atoms with Crippen LogP contribution in [-0.2, 0) is 0 Å². The second kappa shape index (κ2) is 3.55. The van der Waals surface area contributed by atoms with Crippen molar-refractivity contribution in [3.8, 4) is 11.4 Å². The molecule has 0 saturated heterocycles. The fourth-order valence-corrected chi connectivity index (χ4v) is 1.70. The Bertz CT molecular complexity index is 567. The van der Waals surface area contributed by atoms with E-state index in [4.69, 9.17) is 10.3 Å². The number of aryl methyl sites for hydroxylation is 1. The van der Waals surface area contributed by atoms with Crippen molar-refractivity contribution in [3.05, 3.63) is 29.7 Å². The summed E-state index contributed by atoms with van der Waals surface area (Å²) in [5.41, 5.74) is 8.29.